The van der Waals surface area contributed by atoms with Crippen LogP contribution in [0.4, 0.5) is 0 Å². The monoisotopic (exact) mass is 229 g/mol. The van der Waals surface area contributed by atoms with Gasteiger partial charge in [0.25, 0.3) is 0 Å². The summed E-state index contributed by atoms with van der Waals surface area (Å²) in [5.74, 6) is 0. The molecule has 1 aromatic heterocycles. The van der Waals surface area contributed by atoms with Crippen LogP contribution in [0.15, 0.2) is 0 Å². The Morgan fingerprint density at radius 1 is 1.27 bits per heavy atom. The van der Waals surface area contributed by atoms with E-state index in [1.54, 1.807) is 0 Å². The molecule has 1 aromatic rings. The predicted molar refractivity (Wildman–Crippen MR) is 54.3 cm³/mol. The molecule has 1 aliphatic carbocycles. The predicted octanol–water partition coefficient (Wildman–Crippen LogP) is 1.85. The van der Waals surface area contributed by atoms with Crippen molar-refractivity contribution in [1.29, 1.82) is 0 Å². The third-order valence-electron chi connectivity index (χ3n) is 2.16. The fourth-order valence-corrected chi connectivity index (χ4v) is 1.34. The first kappa shape index (κ1) is 10.4. The lowest BCUT2D eigenvalue weighted by Crippen LogP contribution is -2.25. The number of halogens is 1. The number of hydrogen-bond donors (Lipinski definition) is 0. The van der Waals surface area contributed by atoms with E-state index in [2.05, 4.69) is 15.0 Å². The van der Waals surface area contributed by atoms with Crippen LogP contribution in [0.25, 0.3) is 0 Å². The molecule has 0 aliphatic heterocycles. The lowest BCUT2D eigenvalue weighted by Gasteiger charge is -2.24. The topological polar surface area (TPSA) is 57.1 Å². The van der Waals surface area contributed by atoms with Crippen molar-refractivity contribution in [3.63, 3.8) is 0 Å². The van der Waals surface area contributed by atoms with Gasteiger partial charge in [0.1, 0.15) is 6.10 Å². The minimum absolute atomic E-state index is 0.0998. The molecule has 0 unspecified atom stereocenters. The first-order valence-electron chi connectivity index (χ1n) is 4.99. The normalized spacial score (nSPS) is 15.9. The van der Waals surface area contributed by atoms with Crippen molar-refractivity contribution < 1.29 is 9.47 Å². The summed E-state index contributed by atoms with van der Waals surface area (Å²) in [6.07, 6.45) is 3.51. The van der Waals surface area contributed by atoms with E-state index >= 15 is 0 Å². The Hall–Kier alpha value is -1.10. The van der Waals surface area contributed by atoms with E-state index in [-0.39, 0.29) is 23.4 Å². The van der Waals surface area contributed by atoms with Gasteiger partial charge in [-0.1, -0.05) is 0 Å². The molecule has 1 heterocycles. The van der Waals surface area contributed by atoms with Gasteiger partial charge in [0.15, 0.2) is 0 Å². The Kier molecular flexibility index (Phi) is 3.20. The molecule has 6 heteroatoms. The Balaban J connectivity index is 2.07. The van der Waals surface area contributed by atoms with Crippen molar-refractivity contribution >= 4 is 11.6 Å². The van der Waals surface area contributed by atoms with E-state index in [1.807, 2.05) is 6.92 Å². The quantitative estimate of drug-likeness (QED) is 0.789. The zero-order chi connectivity index (χ0) is 10.7. The van der Waals surface area contributed by atoms with Crippen LogP contribution in [0, 0.1) is 0 Å². The second-order valence-corrected chi connectivity index (χ2v) is 3.61. The molecular weight excluding hydrogens is 218 g/mol. The average molecular weight is 230 g/mol. The van der Waals surface area contributed by atoms with Crippen LogP contribution in [-0.4, -0.2) is 27.7 Å². The molecule has 0 radical (unpaired) electrons. The van der Waals surface area contributed by atoms with E-state index in [4.69, 9.17) is 21.1 Å². The Labute approximate surface area is 92.8 Å². The van der Waals surface area contributed by atoms with E-state index in [1.165, 1.54) is 6.42 Å². The van der Waals surface area contributed by atoms with Gasteiger partial charge in [0, 0.05) is 0 Å². The van der Waals surface area contributed by atoms with Gasteiger partial charge in [0.2, 0.25) is 5.28 Å². The number of hydrogen-bond acceptors (Lipinski definition) is 5. The Morgan fingerprint density at radius 3 is 2.60 bits per heavy atom. The van der Waals surface area contributed by atoms with Gasteiger partial charge in [-0.3, -0.25) is 0 Å². The van der Waals surface area contributed by atoms with E-state index in [0.717, 1.165) is 12.8 Å². The van der Waals surface area contributed by atoms with Crippen molar-refractivity contribution in [2.75, 3.05) is 6.61 Å². The van der Waals surface area contributed by atoms with Crippen LogP contribution in [0.5, 0.6) is 12.0 Å². The highest BCUT2D eigenvalue weighted by Crippen LogP contribution is 2.24. The maximum Gasteiger partial charge on any atom is 0.324 e. The van der Waals surface area contributed by atoms with Gasteiger partial charge in [-0.05, 0) is 37.8 Å². The number of nitrogens with zero attached hydrogens (tertiary/aromatic N) is 3. The molecule has 0 bridgehead atoms. The second kappa shape index (κ2) is 4.61. The minimum Gasteiger partial charge on any atom is -0.464 e. The first-order valence-corrected chi connectivity index (χ1v) is 5.36. The molecule has 0 saturated heterocycles. The van der Waals surface area contributed by atoms with Crippen LogP contribution < -0.4 is 9.47 Å². The minimum atomic E-state index is 0.0998. The molecule has 5 nitrogen and oxygen atoms in total. The van der Waals surface area contributed by atoms with Crippen molar-refractivity contribution in [2.24, 2.45) is 0 Å². The SMILES string of the molecule is CCOc1nc(Cl)nc(OC2CCC2)n1. The van der Waals surface area contributed by atoms with Crippen molar-refractivity contribution in [2.45, 2.75) is 32.3 Å². The largest absolute Gasteiger partial charge is 0.464 e. The van der Waals surface area contributed by atoms with Crippen LogP contribution >= 0.6 is 11.6 Å². The molecule has 15 heavy (non-hydrogen) atoms. The molecule has 1 fully saturated rings. The van der Waals surface area contributed by atoms with Gasteiger partial charge < -0.3 is 9.47 Å². The van der Waals surface area contributed by atoms with Crippen molar-refractivity contribution in [3.05, 3.63) is 5.28 Å². The van der Waals surface area contributed by atoms with Gasteiger partial charge in [0.05, 0.1) is 6.61 Å². The number of rotatable bonds is 4. The van der Waals surface area contributed by atoms with E-state index < -0.39 is 0 Å². The second-order valence-electron chi connectivity index (χ2n) is 3.27. The molecule has 1 saturated carbocycles. The molecule has 1 aliphatic rings. The molecule has 0 amide bonds. The summed E-state index contributed by atoms with van der Waals surface area (Å²) in [5, 5.41) is 0.0998. The summed E-state index contributed by atoms with van der Waals surface area (Å²) in [6, 6.07) is 0.468. The summed E-state index contributed by atoms with van der Waals surface area (Å²) in [5.41, 5.74) is 0. The zero-order valence-corrected chi connectivity index (χ0v) is 9.20. The van der Waals surface area contributed by atoms with Crippen molar-refractivity contribution in [1.82, 2.24) is 15.0 Å². The van der Waals surface area contributed by atoms with Crippen LogP contribution in [0.3, 0.4) is 0 Å². The number of ether oxygens (including phenoxy) is 2. The van der Waals surface area contributed by atoms with Gasteiger partial charge in [-0.2, -0.15) is 9.97 Å². The molecule has 0 spiro atoms. The zero-order valence-electron chi connectivity index (χ0n) is 8.44. The number of aromatic nitrogens is 3. The van der Waals surface area contributed by atoms with Gasteiger partial charge in [-0.25, -0.2) is 0 Å². The van der Waals surface area contributed by atoms with E-state index in [9.17, 15) is 0 Å². The van der Waals surface area contributed by atoms with Crippen molar-refractivity contribution in [3.8, 4) is 12.0 Å². The summed E-state index contributed by atoms with van der Waals surface area (Å²) in [7, 11) is 0. The standard InChI is InChI=1S/C9H12ClN3O2/c1-2-14-8-11-7(10)12-9(13-8)15-6-4-3-5-6/h6H,2-5H2,1H3. The maximum atomic E-state index is 5.71. The summed E-state index contributed by atoms with van der Waals surface area (Å²) >= 11 is 5.71. The smallest absolute Gasteiger partial charge is 0.324 e. The summed E-state index contributed by atoms with van der Waals surface area (Å²) in [4.78, 5) is 11.7. The van der Waals surface area contributed by atoms with Crippen LogP contribution in [0.2, 0.25) is 5.28 Å². The van der Waals surface area contributed by atoms with Gasteiger partial charge >= 0.3 is 12.0 Å². The third kappa shape index (κ3) is 2.68. The fraction of sp³-hybridized carbons (Fsp3) is 0.667. The fourth-order valence-electron chi connectivity index (χ4n) is 1.20. The highest BCUT2D eigenvalue weighted by atomic mass is 35.5. The molecular formula is C9H12ClN3O2. The highest BCUT2D eigenvalue weighted by molar-refractivity contribution is 6.28. The molecule has 2 rings (SSSR count). The Morgan fingerprint density at radius 2 is 2.00 bits per heavy atom. The van der Waals surface area contributed by atoms with Crippen LogP contribution in [0.1, 0.15) is 26.2 Å². The van der Waals surface area contributed by atoms with Gasteiger partial charge in [-0.15, -0.1) is 4.98 Å². The van der Waals surface area contributed by atoms with Crippen LogP contribution in [-0.2, 0) is 0 Å². The molecule has 0 aromatic carbocycles. The summed E-state index contributed by atoms with van der Waals surface area (Å²) < 4.78 is 10.6. The molecule has 0 atom stereocenters. The van der Waals surface area contributed by atoms with E-state index in [0.29, 0.717) is 6.61 Å². The first-order chi connectivity index (χ1) is 7.28. The maximum absolute atomic E-state index is 5.71. The lowest BCUT2D eigenvalue weighted by molar-refractivity contribution is 0.106. The highest BCUT2D eigenvalue weighted by Gasteiger charge is 2.21. The Bertz CT molecular complexity index is 344. The molecule has 0 N–H and O–H groups in total. The third-order valence-corrected chi connectivity index (χ3v) is 2.33. The average Bonchev–Trinajstić information content (AvgIpc) is 2.11. The summed E-state index contributed by atoms with van der Waals surface area (Å²) in [6.45, 7) is 2.34. The lowest BCUT2D eigenvalue weighted by atomic mass is 9.96. The molecule has 82 valence electrons.